The molecule has 0 bridgehead atoms. The van der Waals surface area contributed by atoms with Crippen molar-refractivity contribution in [2.24, 2.45) is 5.73 Å². The van der Waals surface area contributed by atoms with E-state index in [1.165, 1.54) is 10.6 Å². The highest BCUT2D eigenvalue weighted by Gasteiger charge is 2.14. The number of nitrogens with zero attached hydrogens (tertiary/aromatic N) is 3. The number of nitrogen functional groups attached to an aromatic ring is 1. The lowest BCUT2D eigenvalue weighted by molar-refractivity contribution is 0.0995. The lowest BCUT2D eigenvalue weighted by Crippen LogP contribution is -2.17. The van der Waals surface area contributed by atoms with Crippen molar-refractivity contribution in [2.75, 3.05) is 5.73 Å². The summed E-state index contributed by atoms with van der Waals surface area (Å²) in [4.78, 5) is 26.8. The average molecular weight is 294 g/mol. The van der Waals surface area contributed by atoms with Gasteiger partial charge in [0.25, 0.3) is 5.91 Å². The van der Waals surface area contributed by atoms with Gasteiger partial charge in [0.15, 0.2) is 5.16 Å². The molecule has 0 aliphatic rings. The van der Waals surface area contributed by atoms with Crippen molar-refractivity contribution in [1.82, 2.24) is 19.7 Å². The minimum atomic E-state index is -0.639. The zero-order valence-electron chi connectivity index (χ0n) is 10.8. The highest BCUT2D eigenvalue weighted by molar-refractivity contribution is 7.99. The van der Waals surface area contributed by atoms with Gasteiger partial charge in [0, 0.05) is 6.54 Å². The number of rotatable bonds is 5. The van der Waals surface area contributed by atoms with E-state index in [0.29, 0.717) is 22.4 Å². The number of nitrogens with one attached hydrogen (secondary N) is 1. The van der Waals surface area contributed by atoms with Crippen molar-refractivity contribution in [3.8, 4) is 0 Å². The van der Waals surface area contributed by atoms with Crippen LogP contribution < -0.4 is 17.2 Å². The van der Waals surface area contributed by atoms with E-state index in [0.717, 1.165) is 18.2 Å². The van der Waals surface area contributed by atoms with Gasteiger partial charge >= 0.3 is 5.69 Å². The molecule has 1 amide bonds. The van der Waals surface area contributed by atoms with Crippen molar-refractivity contribution in [1.29, 1.82) is 0 Å². The minimum Gasteiger partial charge on any atom is -0.397 e. The Labute approximate surface area is 118 Å². The average Bonchev–Trinajstić information content (AvgIpc) is 2.74. The standard InChI is InChI=1S/C11H14N6O2S/c1-2-5-17-10(19)15-16-11(17)20-9-6(12)3-4-7(14-9)8(13)18/h3-4H,2,5,12H2,1H3,(H2,13,18)(H,15,19). The Morgan fingerprint density at radius 3 is 2.90 bits per heavy atom. The van der Waals surface area contributed by atoms with Crippen molar-refractivity contribution in [3.63, 3.8) is 0 Å². The third kappa shape index (κ3) is 2.82. The first-order chi connectivity index (χ1) is 9.52. The van der Waals surface area contributed by atoms with Gasteiger partial charge in [-0.1, -0.05) is 6.92 Å². The summed E-state index contributed by atoms with van der Waals surface area (Å²) < 4.78 is 1.49. The lowest BCUT2D eigenvalue weighted by atomic mass is 10.3. The summed E-state index contributed by atoms with van der Waals surface area (Å²) >= 11 is 1.11. The predicted molar refractivity (Wildman–Crippen MR) is 74.4 cm³/mol. The van der Waals surface area contributed by atoms with Crippen LogP contribution in [-0.4, -0.2) is 25.7 Å². The summed E-state index contributed by atoms with van der Waals surface area (Å²) in [6.45, 7) is 2.49. The van der Waals surface area contributed by atoms with Gasteiger partial charge in [-0.2, -0.15) is 0 Å². The van der Waals surface area contributed by atoms with Crippen LogP contribution in [0.2, 0.25) is 0 Å². The number of hydrogen-bond acceptors (Lipinski definition) is 6. The number of aromatic amines is 1. The second-order valence-corrected chi connectivity index (χ2v) is 4.98. The molecule has 2 rings (SSSR count). The number of H-pyrrole nitrogens is 1. The minimum absolute atomic E-state index is 0.113. The summed E-state index contributed by atoms with van der Waals surface area (Å²) in [6.07, 6.45) is 0.789. The molecule has 2 aromatic heterocycles. The largest absolute Gasteiger partial charge is 0.397 e. The maximum atomic E-state index is 11.6. The first-order valence-electron chi connectivity index (χ1n) is 5.92. The van der Waals surface area contributed by atoms with Crippen LogP contribution >= 0.6 is 11.8 Å². The summed E-state index contributed by atoms with van der Waals surface area (Å²) in [5, 5.41) is 7.13. The summed E-state index contributed by atoms with van der Waals surface area (Å²) in [5.41, 5.74) is 11.2. The molecule has 9 heteroatoms. The number of hydrogen-bond donors (Lipinski definition) is 3. The fourth-order valence-corrected chi connectivity index (χ4v) is 2.44. The third-order valence-corrected chi connectivity index (χ3v) is 3.52. The molecule has 0 aliphatic carbocycles. The van der Waals surface area contributed by atoms with E-state index >= 15 is 0 Å². The first kappa shape index (κ1) is 14.1. The molecule has 2 heterocycles. The van der Waals surface area contributed by atoms with Gasteiger partial charge in [-0.15, -0.1) is 5.10 Å². The molecule has 2 aromatic rings. The molecule has 0 saturated heterocycles. The van der Waals surface area contributed by atoms with Crippen LogP contribution in [0, 0.1) is 0 Å². The molecule has 106 valence electrons. The number of aromatic nitrogens is 4. The quantitative estimate of drug-likeness (QED) is 0.722. The van der Waals surface area contributed by atoms with Crippen molar-refractivity contribution in [2.45, 2.75) is 30.1 Å². The monoisotopic (exact) mass is 294 g/mol. The Balaban J connectivity index is 2.37. The zero-order chi connectivity index (χ0) is 14.7. The summed E-state index contributed by atoms with van der Waals surface area (Å²) in [5.74, 6) is -0.639. The molecule has 0 fully saturated rings. The lowest BCUT2D eigenvalue weighted by Gasteiger charge is -2.06. The van der Waals surface area contributed by atoms with Gasteiger partial charge in [0.05, 0.1) is 5.69 Å². The number of amides is 1. The smallest absolute Gasteiger partial charge is 0.343 e. The van der Waals surface area contributed by atoms with Gasteiger partial charge in [0.1, 0.15) is 10.7 Å². The SMILES string of the molecule is CCCn1c(Sc2nc(C(N)=O)ccc2N)n[nH]c1=O. The van der Waals surface area contributed by atoms with Crippen LogP contribution in [0.4, 0.5) is 5.69 Å². The molecule has 0 saturated carbocycles. The molecule has 0 radical (unpaired) electrons. The predicted octanol–water partition coefficient (Wildman–Crippen LogP) is 0.209. The third-order valence-electron chi connectivity index (χ3n) is 2.50. The normalized spacial score (nSPS) is 10.7. The van der Waals surface area contributed by atoms with E-state index in [4.69, 9.17) is 11.5 Å². The molecule has 0 unspecified atom stereocenters. The second-order valence-electron chi connectivity index (χ2n) is 4.02. The first-order valence-corrected chi connectivity index (χ1v) is 6.74. The van der Waals surface area contributed by atoms with Crippen LogP contribution in [0.3, 0.4) is 0 Å². The Morgan fingerprint density at radius 1 is 1.50 bits per heavy atom. The highest BCUT2D eigenvalue weighted by Crippen LogP contribution is 2.28. The molecule has 0 aliphatic heterocycles. The maximum Gasteiger partial charge on any atom is 0.343 e. The second kappa shape index (κ2) is 5.78. The Bertz CT molecular complexity index is 692. The number of carbonyl (C=O) groups excluding carboxylic acids is 1. The van der Waals surface area contributed by atoms with E-state index in [-0.39, 0.29) is 11.4 Å². The van der Waals surface area contributed by atoms with Crippen LogP contribution in [0.25, 0.3) is 0 Å². The summed E-state index contributed by atoms with van der Waals surface area (Å²) in [7, 11) is 0. The fraction of sp³-hybridized carbons (Fsp3) is 0.273. The summed E-state index contributed by atoms with van der Waals surface area (Å²) in [6, 6.07) is 3.00. The molecular formula is C11H14N6O2S. The number of nitrogens with two attached hydrogens (primary N) is 2. The number of anilines is 1. The highest BCUT2D eigenvalue weighted by atomic mass is 32.2. The fourth-order valence-electron chi connectivity index (χ4n) is 1.56. The number of primary amides is 1. The van der Waals surface area contributed by atoms with E-state index < -0.39 is 5.91 Å². The van der Waals surface area contributed by atoms with Gasteiger partial charge in [0.2, 0.25) is 0 Å². The van der Waals surface area contributed by atoms with E-state index in [1.54, 1.807) is 6.07 Å². The number of pyridine rings is 1. The van der Waals surface area contributed by atoms with Crippen molar-refractivity contribution >= 4 is 23.4 Å². The van der Waals surface area contributed by atoms with Gasteiger partial charge in [-0.05, 0) is 30.3 Å². The molecule has 0 atom stereocenters. The van der Waals surface area contributed by atoms with Gasteiger partial charge < -0.3 is 11.5 Å². The van der Waals surface area contributed by atoms with Crippen molar-refractivity contribution in [3.05, 3.63) is 28.3 Å². The topological polar surface area (TPSA) is 133 Å². The van der Waals surface area contributed by atoms with Crippen LogP contribution in [0.1, 0.15) is 23.8 Å². The van der Waals surface area contributed by atoms with Crippen LogP contribution in [0.15, 0.2) is 27.1 Å². The van der Waals surface area contributed by atoms with Crippen LogP contribution in [0.5, 0.6) is 0 Å². The molecule has 0 spiro atoms. The Kier molecular flexibility index (Phi) is 4.08. The molecular weight excluding hydrogens is 280 g/mol. The van der Waals surface area contributed by atoms with E-state index in [1.807, 2.05) is 6.92 Å². The van der Waals surface area contributed by atoms with Gasteiger partial charge in [-0.3, -0.25) is 9.36 Å². The van der Waals surface area contributed by atoms with E-state index in [9.17, 15) is 9.59 Å². The van der Waals surface area contributed by atoms with Crippen molar-refractivity contribution < 1.29 is 4.79 Å². The van der Waals surface area contributed by atoms with Gasteiger partial charge in [-0.25, -0.2) is 14.9 Å². The van der Waals surface area contributed by atoms with E-state index in [2.05, 4.69) is 15.2 Å². The molecule has 20 heavy (non-hydrogen) atoms. The zero-order valence-corrected chi connectivity index (χ0v) is 11.6. The number of carbonyl (C=O) groups is 1. The Hall–Kier alpha value is -2.29. The molecule has 5 N–H and O–H groups in total. The molecule has 0 aromatic carbocycles. The van der Waals surface area contributed by atoms with Crippen LogP contribution in [-0.2, 0) is 6.54 Å². The Morgan fingerprint density at radius 2 is 2.25 bits per heavy atom. The molecule has 8 nitrogen and oxygen atoms in total. The maximum absolute atomic E-state index is 11.6.